The number of halogens is 6. The Morgan fingerprint density at radius 3 is 2.03 bits per heavy atom. The highest BCUT2D eigenvalue weighted by Gasteiger charge is 2.40. The fourth-order valence-electron chi connectivity index (χ4n) is 4.34. The number of rotatable bonds is 9. The summed E-state index contributed by atoms with van der Waals surface area (Å²) in [5.74, 6) is -7.19. The number of anilines is 1. The highest BCUT2D eigenvalue weighted by atomic mass is 19.4. The molecule has 1 aliphatic rings. The zero-order chi connectivity index (χ0) is 29.0. The Kier molecular flexibility index (Phi) is 9.03. The van der Waals surface area contributed by atoms with Crippen molar-refractivity contribution in [2.75, 3.05) is 5.32 Å². The lowest BCUT2D eigenvalue weighted by Gasteiger charge is -2.26. The summed E-state index contributed by atoms with van der Waals surface area (Å²) in [4.78, 5) is 42.7. The first-order valence-electron chi connectivity index (χ1n) is 11.9. The van der Waals surface area contributed by atoms with Crippen molar-refractivity contribution in [3.8, 4) is 0 Å². The summed E-state index contributed by atoms with van der Waals surface area (Å²) in [6.07, 6.45) is -16.3. The van der Waals surface area contributed by atoms with Gasteiger partial charge in [0, 0.05) is 35.8 Å². The normalized spacial score (nSPS) is 17.3. The maximum atomic E-state index is 13.2. The number of aliphatic imine (C=N–C) groups is 1. The topological polar surface area (TPSA) is 114 Å². The number of para-hydroxylation sites is 1. The second kappa shape index (κ2) is 11.9. The standard InChI is InChI=1S/C26H26F6N4O3/c1-14-6-2-3-7-15(14)20-18-8-4-5-9-19(18)34-24(39)22(35-20)36-23(38)17(11-13-26(30,31)32)16(21(33)37)10-12-25(27,28)29/h2-9,16-17,22H,10-13H2,1H3,(H2,33,37)(H,34,39)(H,36,38)/t16-,17+,22+/m0/s1. The van der Waals surface area contributed by atoms with Crippen molar-refractivity contribution >= 4 is 29.1 Å². The first-order chi connectivity index (χ1) is 18.2. The van der Waals surface area contributed by atoms with Gasteiger partial charge in [0.15, 0.2) is 0 Å². The van der Waals surface area contributed by atoms with Gasteiger partial charge in [-0.1, -0.05) is 42.5 Å². The number of amides is 3. The molecule has 2 aromatic rings. The molecular weight excluding hydrogens is 530 g/mol. The maximum Gasteiger partial charge on any atom is 0.389 e. The first kappa shape index (κ1) is 29.7. The zero-order valence-corrected chi connectivity index (χ0v) is 20.7. The maximum absolute atomic E-state index is 13.2. The minimum atomic E-state index is -4.76. The van der Waals surface area contributed by atoms with Crippen LogP contribution in [0.3, 0.4) is 0 Å². The Labute approximate surface area is 219 Å². The van der Waals surface area contributed by atoms with Gasteiger partial charge in [-0.2, -0.15) is 26.3 Å². The summed E-state index contributed by atoms with van der Waals surface area (Å²) in [7, 11) is 0. The van der Waals surface area contributed by atoms with E-state index in [1.165, 1.54) is 0 Å². The number of nitrogens with zero attached hydrogens (tertiary/aromatic N) is 1. The molecule has 0 bridgehead atoms. The molecule has 0 unspecified atom stereocenters. The third-order valence-electron chi connectivity index (χ3n) is 6.29. The molecule has 210 valence electrons. The number of nitrogens with two attached hydrogens (primary N) is 1. The van der Waals surface area contributed by atoms with Crippen molar-refractivity contribution < 1.29 is 40.7 Å². The molecule has 0 spiro atoms. The molecule has 0 radical (unpaired) electrons. The number of hydrogen-bond acceptors (Lipinski definition) is 4. The van der Waals surface area contributed by atoms with Crippen molar-refractivity contribution in [2.45, 2.75) is 51.1 Å². The van der Waals surface area contributed by atoms with Crippen LogP contribution in [0.2, 0.25) is 0 Å². The number of benzene rings is 2. The second-order valence-electron chi connectivity index (χ2n) is 9.16. The molecule has 7 nitrogen and oxygen atoms in total. The summed E-state index contributed by atoms with van der Waals surface area (Å²) < 4.78 is 77.6. The Morgan fingerprint density at radius 2 is 1.46 bits per heavy atom. The minimum absolute atomic E-state index is 0.294. The van der Waals surface area contributed by atoms with Crippen LogP contribution in [0.25, 0.3) is 0 Å². The second-order valence-corrected chi connectivity index (χ2v) is 9.16. The average Bonchev–Trinajstić information content (AvgIpc) is 2.96. The van der Waals surface area contributed by atoms with Crippen LogP contribution in [-0.4, -0.2) is 42.0 Å². The number of aryl methyl sites for hydroxylation is 1. The third-order valence-corrected chi connectivity index (χ3v) is 6.29. The quantitative estimate of drug-likeness (QED) is 0.392. The average molecular weight is 557 g/mol. The van der Waals surface area contributed by atoms with Crippen LogP contribution in [0, 0.1) is 18.8 Å². The van der Waals surface area contributed by atoms with Gasteiger partial charge in [0.2, 0.25) is 18.0 Å². The van der Waals surface area contributed by atoms with E-state index in [1.807, 2.05) is 0 Å². The molecule has 39 heavy (non-hydrogen) atoms. The van der Waals surface area contributed by atoms with Crippen molar-refractivity contribution in [1.29, 1.82) is 0 Å². The predicted molar refractivity (Wildman–Crippen MR) is 131 cm³/mol. The van der Waals surface area contributed by atoms with Gasteiger partial charge in [-0.3, -0.25) is 14.4 Å². The van der Waals surface area contributed by atoms with Gasteiger partial charge in [0.05, 0.1) is 11.4 Å². The largest absolute Gasteiger partial charge is 0.389 e. The predicted octanol–water partition coefficient (Wildman–Crippen LogP) is 4.63. The molecular formula is C26H26F6N4O3. The van der Waals surface area contributed by atoms with E-state index < -0.39 is 73.8 Å². The Balaban J connectivity index is 1.99. The summed E-state index contributed by atoms with van der Waals surface area (Å²) in [6.45, 7) is 1.79. The SMILES string of the molecule is Cc1ccccc1C1=N[C@H](NC(=O)[C@H](CCC(F)(F)F)[C@H](CCC(F)(F)F)C(N)=O)C(=O)Nc2ccccc21. The molecule has 0 fully saturated rings. The van der Waals surface area contributed by atoms with Crippen LogP contribution < -0.4 is 16.4 Å². The van der Waals surface area contributed by atoms with Crippen molar-refractivity contribution in [2.24, 2.45) is 22.6 Å². The zero-order valence-electron chi connectivity index (χ0n) is 20.7. The van der Waals surface area contributed by atoms with Crippen LogP contribution in [0.15, 0.2) is 53.5 Å². The highest BCUT2D eigenvalue weighted by Crippen LogP contribution is 2.33. The van der Waals surface area contributed by atoms with Gasteiger partial charge in [-0.15, -0.1) is 0 Å². The van der Waals surface area contributed by atoms with Gasteiger partial charge in [-0.05, 0) is 31.4 Å². The summed E-state index contributed by atoms with van der Waals surface area (Å²) in [5.41, 5.74) is 7.76. The number of carbonyl (C=O) groups excluding carboxylic acids is 3. The summed E-state index contributed by atoms with van der Waals surface area (Å²) >= 11 is 0. The van der Waals surface area contributed by atoms with Crippen LogP contribution in [0.1, 0.15) is 42.4 Å². The van der Waals surface area contributed by atoms with Crippen LogP contribution in [0.5, 0.6) is 0 Å². The number of primary amides is 1. The van der Waals surface area contributed by atoms with Gasteiger partial charge in [-0.25, -0.2) is 4.99 Å². The van der Waals surface area contributed by atoms with Crippen LogP contribution in [0.4, 0.5) is 32.0 Å². The van der Waals surface area contributed by atoms with E-state index >= 15 is 0 Å². The number of benzodiazepines with no additional fused rings is 1. The highest BCUT2D eigenvalue weighted by molar-refractivity contribution is 6.20. The van der Waals surface area contributed by atoms with Crippen molar-refractivity contribution in [1.82, 2.24) is 5.32 Å². The molecule has 13 heteroatoms. The van der Waals surface area contributed by atoms with Gasteiger partial charge in [0.1, 0.15) is 0 Å². The van der Waals surface area contributed by atoms with Crippen LogP contribution in [-0.2, 0) is 14.4 Å². The monoisotopic (exact) mass is 556 g/mol. The lowest BCUT2D eigenvalue weighted by molar-refractivity contribution is -0.152. The number of carbonyl (C=O) groups is 3. The lowest BCUT2D eigenvalue weighted by Crippen LogP contribution is -2.48. The fraction of sp³-hybridized carbons (Fsp3) is 0.385. The number of hydrogen-bond donors (Lipinski definition) is 3. The van der Waals surface area contributed by atoms with Gasteiger partial charge < -0.3 is 16.4 Å². The number of fused-ring (bicyclic) bond motifs is 1. The number of nitrogens with one attached hydrogen (secondary N) is 2. The molecule has 0 aromatic heterocycles. The molecule has 1 heterocycles. The summed E-state index contributed by atoms with van der Waals surface area (Å²) in [5, 5.41) is 4.84. The van der Waals surface area contributed by atoms with Gasteiger partial charge in [0.25, 0.3) is 5.91 Å². The Bertz CT molecular complexity index is 1260. The number of alkyl halides is 6. The molecule has 2 aromatic carbocycles. The van der Waals surface area contributed by atoms with Crippen LogP contribution >= 0.6 is 0 Å². The summed E-state index contributed by atoms with van der Waals surface area (Å²) in [6, 6.07) is 13.6. The van der Waals surface area contributed by atoms with E-state index in [2.05, 4.69) is 15.6 Å². The smallest absolute Gasteiger partial charge is 0.369 e. The molecule has 3 rings (SSSR count). The molecule has 0 aliphatic carbocycles. The Hall–Kier alpha value is -3.90. The lowest BCUT2D eigenvalue weighted by atomic mass is 9.83. The third kappa shape index (κ3) is 8.04. The van der Waals surface area contributed by atoms with Crippen molar-refractivity contribution in [3.63, 3.8) is 0 Å². The van der Waals surface area contributed by atoms with E-state index in [0.717, 1.165) is 5.56 Å². The molecule has 1 aliphatic heterocycles. The first-order valence-corrected chi connectivity index (χ1v) is 11.9. The molecule has 3 amide bonds. The molecule has 4 N–H and O–H groups in total. The fourth-order valence-corrected chi connectivity index (χ4v) is 4.34. The van der Waals surface area contributed by atoms with E-state index in [1.54, 1.807) is 55.5 Å². The minimum Gasteiger partial charge on any atom is -0.369 e. The van der Waals surface area contributed by atoms with Gasteiger partial charge >= 0.3 is 12.4 Å². The van der Waals surface area contributed by atoms with E-state index in [4.69, 9.17) is 5.73 Å². The van der Waals surface area contributed by atoms with E-state index in [0.29, 0.717) is 22.5 Å². The molecule has 3 atom stereocenters. The van der Waals surface area contributed by atoms with Crippen molar-refractivity contribution in [3.05, 3.63) is 65.2 Å². The van der Waals surface area contributed by atoms with E-state index in [9.17, 15) is 40.7 Å². The molecule has 0 saturated carbocycles. The Morgan fingerprint density at radius 1 is 0.923 bits per heavy atom. The van der Waals surface area contributed by atoms with E-state index in [-0.39, 0.29) is 0 Å². The molecule has 0 saturated heterocycles.